The Kier molecular flexibility index (Phi) is 5.19. The van der Waals surface area contributed by atoms with E-state index in [0.717, 1.165) is 35.5 Å². The molecule has 0 spiro atoms. The van der Waals surface area contributed by atoms with Crippen molar-refractivity contribution in [2.75, 3.05) is 0 Å². The maximum Gasteiger partial charge on any atom is 0.232 e. The molecule has 1 aliphatic heterocycles. The molecular formula is C21H25NO2. The van der Waals surface area contributed by atoms with E-state index in [9.17, 15) is 4.79 Å². The third kappa shape index (κ3) is 3.45. The second-order valence-corrected chi connectivity index (χ2v) is 6.52. The van der Waals surface area contributed by atoms with Gasteiger partial charge in [-0.3, -0.25) is 4.79 Å². The Morgan fingerprint density at radius 2 is 1.62 bits per heavy atom. The van der Waals surface area contributed by atoms with Crippen LogP contribution < -0.4 is 10.1 Å². The Morgan fingerprint density at radius 3 is 2.21 bits per heavy atom. The van der Waals surface area contributed by atoms with Crippen LogP contribution in [0.1, 0.15) is 56.6 Å². The number of fused-ring (bicyclic) bond motifs is 2. The lowest BCUT2D eigenvalue weighted by Crippen LogP contribution is -2.37. The summed E-state index contributed by atoms with van der Waals surface area (Å²) in [6.07, 6.45) is 4.58. The zero-order valence-electron chi connectivity index (χ0n) is 14.4. The lowest BCUT2D eigenvalue weighted by atomic mass is 9.87. The fourth-order valence-electron chi connectivity index (χ4n) is 3.29. The summed E-state index contributed by atoms with van der Waals surface area (Å²) in [6, 6.07) is 15.8. The molecule has 1 atom stereocenters. The van der Waals surface area contributed by atoms with Gasteiger partial charge in [0.2, 0.25) is 5.91 Å². The van der Waals surface area contributed by atoms with Crippen LogP contribution in [0, 0.1) is 0 Å². The summed E-state index contributed by atoms with van der Waals surface area (Å²) >= 11 is 0. The number of carbonyl (C=O) groups excluding carboxylic acids is 1. The molecule has 0 aliphatic carbocycles. The number of nitrogens with one attached hydrogen (secondary N) is 1. The molecule has 1 amide bonds. The molecule has 0 bridgehead atoms. The molecule has 126 valence electrons. The molecule has 3 rings (SSSR count). The van der Waals surface area contributed by atoms with Crippen molar-refractivity contribution in [2.45, 2.75) is 51.5 Å². The molecular weight excluding hydrogens is 298 g/mol. The molecule has 1 N–H and O–H groups in total. The lowest BCUT2D eigenvalue weighted by molar-refractivity contribution is -0.122. The summed E-state index contributed by atoms with van der Waals surface area (Å²) in [5, 5.41) is 3.20. The van der Waals surface area contributed by atoms with E-state index in [1.165, 1.54) is 12.8 Å². The predicted molar refractivity (Wildman–Crippen MR) is 96.5 cm³/mol. The highest BCUT2D eigenvalue weighted by Gasteiger charge is 2.32. The second-order valence-electron chi connectivity index (χ2n) is 6.52. The average molecular weight is 323 g/mol. The molecule has 0 unspecified atom stereocenters. The minimum Gasteiger partial charge on any atom is -0.457 e. The number of carbonyl (C=O) groups is 1. The van der Waals surface area contributed by atoms with Gasteiger partial charge in [-0.05, 0) is 25.5 Å². The van der Waals surface area contributed by atoms with Gasteiger partial charge in [0.05, 0.1) is 5.92 Å². The number of ether oxygens (including phenoxy) is 1. The van der Waals surface area contributed by atoms with E-state index in [1.54, 1.807) is 0 Å². The van der Waals surface area contributed by atoms with Gasteiger partial charge >= 0.3 is 0 Å². The van der Waals surface area contributed by atoms with Crippen LogP contribution >= 0.6 is 0 Å². The minimum atomic E-state index is -0.306. The van der Waals surface area contributed by atoms with Crippen molar-refractivity contribution in [3.8, 4) is 11.5 Å². The smallest absolute Gasteiger partial charge is 0.232 e. The third-order valence-electron chi connectivity index (χ3n) is 4.57. The Balaban J connectivity index is 1.83. The first-order chi connectivity index (χ1) is 11.7. The lowest BCUT2D eigenvalue weighted by Gasteiger charge is -2.28. The van der Waals surface area contributed by atoms with Gasteiger partial charge in [0, 0.05) is 17.2 Å². The molecule has 1 heterocycles. The first-order valence-corrected chi connectivity index (χ1v) is 8.86. The monoisotopic (exact) mass is 323 g/mol. The zero-order chi connectivity index (χ0) is 16.9. The van der Waals surface area contributed by atoms with Gasteiger partial charge in [-0.2, -0.15) is 0 Å². The first-order valence-electron chi connectivity index (χ1n) is 8.86. The van der Waals surface area contributed by atoms with Gasteiger partial charge in [-0.25, -0.2) is 0 Å². The summed E-state index contributed by atoms with van der Waals surface area (Å²) in [5.41, 5.74) is 1.88. The van der Waals surface area contributed by atoms with E-state index < -0.39 is 0 Å². The van der Waals surface area contributed by atoms with Gasteiger partial charge in [0.1, 0.15) is 11.5 Å². The SMILES string of the molecule is CCCCC[C@@H](C)NC(=O)C1c2ccccc2Oc2ccccc21. The highest BCUT2D eigenvalue weighted by Crippen LogP contribution is 2.43. The van der Waals surface area contributed by atoms with Crippen molar-refractivity contribution in [3.05, 3.63) is 59.7 Å². The number of amides is 1. The number of rotatable bonds is 6. The molecule has 0 aromatic heterocycles. The standard InChI is InChI=1S/C21H25NO2/c1-3-4-5-10-15(2)22-21(23)20-16-11-6-8-13-18(16)24-19-14-9-7-12-17(19)20/h6-9,11-15,20H,3-5,10H2,1-2H3,(H,22,23)/t15-/m1/s1. The average Bonchev–Trinajstić information content (AvgIpc) is 2.59. The zero-order valence-corrected chi connectivity index (χ0v) is 14.4. The summed E-state index contributed by atoms with van der Waals surface area (Å²) in [7, 11) is 0. The maximum atomic E-state index is 13.0. The van der Waals surface area contributed by atoms with Gasteiger partial charge < -0.3 is 10.1 Å². The Bertz CT molecular complexity index is 665. The van der Waals surface area contributed by atoms with Crippen LogP contribution in [0.5, 0.6) is 11.5 Å². The van der Waals surface area contributed by atoms with Gasteiger partial charge in [-0.15, -0.1) is 0 Å². The summed E-state index contributed by atoms with van der Waals surface area (Å²) < 4.78 is 5.96. The van der Waals surface area contributed by atoms with Crippen molar-refractivity contribution >= 4 is 5.91 Å². The molecule has 1 aliphatic rings. The van der Waals surface area contributed by atoms with Crippen LogP contribution in [0.25, 0.3) is 0 Å². The van der Waals surface area contributed by atoms with Crippen LogP contribution in [0.15, 0.2) is 48.5 Å². The summed E-state index contributed by atoms with van der Waals surface area (Å²) in [4.78, 5) is 13.0. The van der Waals surface area contributed by atoms with E-state index in [-0.39, 0.29) is 17.9 Å². The van der Waals surface area contributed by atoms with Crippen molar-refractivity contribution in [2.24, 2.45) is 0 Å². The fourth-order valence-corrected chi connectivity index (χ4v) is 3.29. The normalized spacial score (nSPS) is 14.2. The van der Waals surface area contributed by atoms with Crippen molar-refractivity contribution in [3.63, 3.8) is 0 Å². The van der Waals surface area contributed by atoms with E-state index in [0.29, 0.717) is 0 Å². The molecule has 3 heteroatoms. The molecule has 0 saturated carbocycles. The molecule has 3 nitrogen and oxygen atoms in total. The second kappa shape index (κ2) is 7.52. The van der Waals surface area contributed by atoms with Gasteiger partial charge in [0.15, 0.2) is 0 Å². The Morgan fingerprint density at radius 1 is 1.04 bits per heavy atom. The molecule has 0 saturated heterocycles. The number of hydrogen-bond donors (Lipinski definition) is 1. The Labute approximate surface area is 144 Å². The third-order valence-corrected chi connectivity index (χ3v) is 4.57. The fraction of sp³-hybridized carbons (Fsp3) is 0.381. The van der Waals surface area contributed by atoms with Crippen molar-refractivity contribution in [1.29, 1.82) is 0 Å². The molecule has 2 aromatic rings. The van der Waals surface area contributed by atoms with Gasteiger partial charge in [-0.1, -0.05) is 62.6 Å². The van der Waals surface area contributed by atoms with E-state index in [2.05, 4.69) is 19.2 Å². The highest BCUT2D eigenvalue weighted by molar-refractivity contribution is 5.89. The molecule has 24 heavy (non-hydrogen) atoms. The van der Waals surface area contributed by atoms with Crippen LogP contribution in [0.4, 0.5) is 0 Å². The number of unbranched alkanes of at least 4 members (excludes halogenated alkanes) is 2. The first kappa shape index (κ1) is 16.6. The maximum absolute atomic E-state index is 13.0. The van der Waals surface area contributed by atoms with Crippen molar-refractivity contribution in [1.82, 2.24) is 5.32 Å². The largest absolute Gasteiger partial charge is 0.457 e. The number of hydrogen-bond acceptors (Lipinski definition) is 2. The van der Waals surface area contributed by atoms with E-state index in [4.69, 9.17) is 4.74 Å². The van der Waals surface area contributed by atoms with Crippen LogP contribution in [-0.2, 0) is 4.79 Å². The summed E-state index contributed by atoms with van der Waals surface area (Å²) in [6.45, 7) is 4.28. The quantitative estimate of drug-likeness (QED) is 0.759. The van der Waals surface area contributed by atoms with Crippen molar-refractivity contribution < 1.29 is 9.53 Å². The van der Waals surface area contributed by atoms with Crippen LogP contribution in [0.3, 0.4) is 0 Å². The van der Waals surface area contributed by atoms with E-state index >= 15 is 0 Å². The molecule has 2 aromatic carbocycles. The topological polar surface area (TPSA) is 38.3 Å². The number of para-hydroxylation sites is 2. The molecule has 0 fully saturated rings. The van der Waals surface area contributed by atoms with Crippen LogP contribution in [0.2, 0.25) is 0 Å². The predicted octanol–water partition coefficient (Wildman–Crippen LogP) is 5.01. The van der Waals surface area contributed by atoms with Gasteiger partial charge in [0.25, 0.3) is 0 Å². The van der Waals surface area contributed by atoms with Crippen LogP contribution in [-0.4, -0.2) is 11.9 Å². The summed E-state index contributed by atoms with van der Waals surface area (Å²) in [5.74, 6) is 1.30. The van der Waals surface area contributed by atoms with E-state index in [1.807, 2.05) is 48.5 Å². The number of benzene rings is 2. The molecule has 0 radical (unpaired) electrons. The highest BCUT2D eigenvalue weighted by atomic mass is 16.5. The minimum absolute atomic E-state index is 0.0576. The Hall–Kier alpha value is -2.29.